The van der Waals surface area contributed by atoms with Gasteiger partial charge in [0, 0.05) is 25.1 Å². The summed E-state index contributed by atoms with van der Waals surface area (Å²) in [5.74, 6) is 1.70. The SMILES string of the molecule is CCNC(=NCc1cccc(OCCOC)c1)NCC(c1cccs1)N1CCCC1. The van der Waals surface area contributed by atoms with E-state index in [1.807, 2.05) is 29.5 Å². The van der Waals surface area contributed by atoms with Gasteiger partial charge < -0.3 is 20.1 Å². The van der Waals surface area contributed by atoms with Gasteiger partial charge in [0.15, 0.2) is 5.96 Å². The van der Waals surface area contributed by atoms with Crippen LogP contribution in [0.5, 0.6) is 5.75 Å². The zero-order valence-corrected chi connectivity index (χ0v) is 18.9. The molecular formula is C23H34N4O2S. The van der Waals surface area contributed by atoms with Crippen LogP contribution in [0.3, 0.4) is 0 Å². The van der Waals surface area contributed by atoms with E-state index in [2.05, 4.69) is 46.0 Å². The molecule has 1 fully saturated rings. The highest BCUT2D eigenvalue weighted by molar-refractivity contribution is 7.10. The first-order valence-electron chi connectivity index (χ1n) is 10.8. The number of benzene rings is 1. The van der Waals surface area contributed by atoms with Crippen molar-refractivity contribution >= 4 is 17.3 Å². The monoisotopic (exact) mass is 430 g/mol. The van der Waals surface area contributed by atoms with Crippen molar-refractivity contribution in [3.05, 3.63) is 52.2 Å². The minimum absolute atomic E-state index is 0.397. The second-order valence-corrected chi connectivity index (χ2v) is 8.32. The molecule has 1 aromatic carbocycles. The molecule has 1 saturated heterocycles. The Morgan fingerprint density at radius 3 is 2.77 bits per heavy atom. The van der Waals surface area contributed by atoms with Crippen LogP contribution in [0, 0.1) is 0 Å². The predicted molar refractivity (Wildman–Crippen MR) is 124 cm³/mol. The lowest BCUT2D eigenvalue weighted by molar-refractivity contribution is 0.146. The number of hydrogen-bond donors (Lipinski definition) is 2. The molecule has 0 amide bonds. The highest BCUT2D eigenvalue weighted by Crippen LogP contribution is 2.27. The maximum absolute atomic E-state index is 5.71. The summed E-state index contributed by atoms with van der Waals surface area (Å²) in [7, 11) is 1.68. The van der Waals surface area contributed by atoms with Crippen LogP contribution < -0.4 is 15.4 Å². The zero-order valence-electron chi connectivity index (χ0n) is 18.1. The Hall–Kier alpha value is -2.09. The highest BCUT2D eigenvalue weighted by Gasteiger charge is 2.24. The number of ether oxygens (including phenoxy) is 2. The molecule has 1 aliphatic heterocycles. The lowest BCUT2D eigenvalue weighted by Gasteiger charge is -2.27. The number of thiophene rings is 1. The number of guanidine groups is 1. The number of methoxy groups -OCH3 is 1. The zero-order chi connectivity index (χ0) is 21.0. The minimum Gasteiger partial charge on any atom is -0.491 e. The third kappa shape index (κ3) is 7.00. The largest absolute Gasteiger partial charge is 0.491 e. The van der Waals surface area contributed by atoms with Crippen LogP contribution in [0.2, 0.25) is 0 Å². The molecule has 2 aromatic rings. The van der Waals surface area contributed by atoms with E-state index in [0.717, 1.165) is 30.4 Å². The first-order chi connectivity index (χ1) is 14.8. The lowest BCUT2D eigenvalue weighted by atomic mass is 10.2. The molecular weight excluding hydrogens is 396 g/mol. The fourth-order valence-electron chi connectivity index (χ4n) is 3.63. The van der Waals surface area contributed by atoms with Crippen molar-refractivity contribution in [3.63, 3.8) is 0 Å². The lowest BCUT2D eigenvalue weighted by Crippen LogP contribution is -2.42. The number of nitrogens with zero attached hydrogens (tertiary/aromatic N) is 2. The molecule has 0 saturated carbocycles. The number of nitrogens with one attached hydrogen (secondary N) is 2. The van der Waals surface area contributed by atoms with Crippen molar-refractivity contribution in [3.8, 4) is 5.75 Å². The van der Waals surface area contributed by atoms with Crippen molar-refractivity contribution < 1.29 is 9.47 Å². The Kier molecular flexibility index (Phi) is 9.47. The van der Waals surface area contributed by atoms with E-state index in [1.165, 1.54) is 30.8 Å². The van der Waals surface area contributed by atoms with Crippen LogP contribution in [-0.4, -0.2) is 57.4 Å². The summed E-state index contributed by atoms with van der Waals surface area (Å²) in [4.78, 5) is 8.80. The van der Waals surface area contributed by atoms with Gasteiger partial charge in [-0.3, -0.25) is 4.90 Å². The van der Waals surface area contributed by atoms with E-state index < -0.39 is 0 Å². The summed E-state index contributed by atoms with van der Waals surface area (Å²) in [5, 5.41) is 9.11. The number of likely N-dealkylation sites (tertiary alicyclic amines) is 1. The average Bonchev–Trinajstić information content (AvgIpc) is 3.48. The normalized spacial score (nSPS) is 15.9. The van der Waals surface area contributed by atoms with Crippen LogP contribution in [0.1, 0.15) is 36.2 Å². The summed E-state index contributed by atoms with van der Waals surface area (Å²) in [5.41, 5.74) is 1.12. The van der Waals surface area contributed by atoms with E-state index in [9.17, 15) is 0 Å². The molecule has 30 heavy (non-hydrogen) atoms. The third-order valence-electron chi connectivity index (χ3n) is 5.13. The van der Waals surface area contributed by atoms with Crippen molar-refractivity contribution in [2.75, 3.05) is 46.5 Å². The van der Waals surface area contributed by atoms with Gasteiger partial charge in [-0.1, -0.05) is 18.2 Å². The third-order valence-corrected chi connectivity index (χ3v) is 6.11. The molecule has 6 nitrogen and oxygen atoms in total. The molecule has 1 atom stereocenters. The van der Waals surface area contributed by atoms with E-state index >= 15 is 0 Å². The van der Waals surface area contributed by atoms with E-state index in [0.29, 0.717) is 25.8 Å². The number of aliphatic imine (C=N–C) groups is 1. The topological polar surface area (TPSA) is 58.1 Å². The van der Waals surface area contributed by atoms with Crippen LogP contribution in [-0.2, 0) is 11.3 Å². The number of hydrogen-bond acceptors (Lipinski definition) is 5. The Bertz CT molecular complexity index is 760. The van der Waals surface area contributed by atoms with Gasteiger partial charge in [-0.15, -0.1) is 11.3 Å². The van der Waals surface area contributed by atoms with Gasteiger partial charge in [-0.2, -0.15) is 0 Å². The second-order valence-electron chi connectivity index (χ2n) is 7.34. The highest BCUT2D eigenvalue weighted by atomic mass is 32.1. The molecule has 0 spiro atoms. The Labute approximate surface area is 184 Å². The molecule has 1 aromatic heterocycles. The van der Waals surface area contributed by atoms with Crippen molar-refractivity contribution in [1.82, 2.24) is 15.5 Å². The van der Waals surface area contributed by atoms with Crippen LogP contribution in [0.25, 0.3) is 0 Å². The molecule has 1 unspecified atom stereocenters. The molecule has 0 radical (unpaired) electrons. The molecule has 1 aliphatic rings. The Morgan fingerprint density at radius 1 is 1.17 bits per heavy atom. The molecule has 0 aliphatic carbocycles. The second kappa shape index (κ2) is 12.6. The fraction of sp³-hybridized carbons (Fsp3) is 0.522. The van der Waals surface area contributed by atoms with Crippen LogP contribution in [0.4, 0.5) is 0 Å². The predicted octanol–water partition coefficient (Wildman–Crippen LogP) is 3.67. The molecule has 164 valence electrons. The first kappa shape index (κ1) is 22.6. The van der Waals surface area contributed by atoms with Gasteiger partial charge in [-0.25, -0.2) is 4.99 Å². The van der Waals surface area contributed by atoms with Gasteiger partial charge in [0.1, 0.15) is 12.4 Å². The maximum atomic E-state index is 5.71. The molecule has 7 heteroatoms. The van der Waals surface area contributed by atoms with Gasteiger partial charge in [0.2, 0.25) is 0 Å². The van der Waals surface area contributed by atoms with E-state index in [1.54, 1.807) is 7.11 Å². The average molecular weight is 431 g/mol. The standard InChI is InChI=1S/C23H34N4O2S/c1-3-24-23(25-17-19-8-6-9-20(16-19)29-14-13-28-2)26-18-21(22-10-7-15-30-22)27-11-4-5-12-27/h6-10,15-16,21H,3-5,11-14,17-18H2,1-2H3,(H2,24,25,26). The molecule has 0 bridgehead atoms. The molecule has 3 rings (SSSR count). The van der Waals surface area contributed by atoms with Gasteiger partial charge in [0.05, 0.1) is 19.2 Å². The summed E-state index contributed by atoms with van der Waals surface area (Å²) < 4.78 is 10.8. The van der Waals surface area contributed by atoms with Gasteiger partial charge >= 0.3 is 0 Å². The summed E-state index contributed by atoms with van der Waals surface area (Å²) in [6.45, 7) is 7.86. The Morgan fingerprint density at radius 2 is 2.03 bits per heavy atom. The Balaban J connectivity index is 1.60. The van der Waals surface area contributed by atoms with Crippen molar-refractivity contribution in [2.45, 2.75) is 32.4 Å². The first-order valence-corrected chi connectivity index (χ1v) is 11.7. The summed E-state index contributed by atoms with van der Waals surface area (Å²) in [6, 6.07) is 12.9. The summed E-state index contributed by atoms with van der Waals surface area (Å²) in [6.07, 6.45) is 2.58. The van der Waals surface area contributed by atoms with Crippen LogP contribution >= 0.6 is 11.3 Å². The summed E-state index contributed by atoms with van der Waals surface area (Å²) >= 11 is 1.84. The van der Waals surface area contributed by atoms with Gasteiger partial charge in [0.25, 0.3) is 0 Å². The van der Waals surface area contributed by atoms with Crippen LogP contribution in [0.15, 0.2) is 46.8 Å². The fourth-order valence-corrected chi connectivity index (χ4v) is 4.49. The van der Waals surface area contributed by atoms with E-state index in [4.69, 9.17) is 14.5 Å². The van der Waals surface area contributed by atoms with Crippen molar-refractivity contribution in [2.24, 2.45) is 4.99 Å². The van der Waals surface area contributed by atoms with E-state index in [-0.39, 0.29) is 0 Å². The number of rotatable bonds is 11. The van der Waals surface area contributed by atoms with Crippen molar-refractivity contribution in [1.29, 1.82) is 0 Å². The minimum atomic E-state index is 0.397. The molecule has 2 heterocycles. The smallest absolute Gasteiger partial charge is 0.191 e. The quantitative estimate of drug-likeness (QED) is 0.324. The molecule has 2 N–H and O–H groups in total. The maximum Gasteiger partial charge on any atom is 0.191 e. The van der Waals surface area contributed by atoms with Gasteiger partial charge in [-0.05, 0) is 62.0 Å².